The Hall–Kier alpha value is -3.20. The molecule has 0 aliphatic heterocycles. The van der Waals surface area contributed by atoms with Crippen LogP contribution in [-0.2, 0) is 18.8 Å². The molecule has 0 spiro atoms. The average molecular weight is 508 g/mol. The van der Waals surface area contributed by atoms with E-state index in [1.807, 2.05) is 0 Å². The topological polar surface area (TPSA) is 64.1 Å². The Kier molecular flexibility index (Phi) is 7.25. The number of nitrogens with zero attached hydrogens (tertiary/aromatic N) is 2. The van der Waals surface area contributed by atoms with Gasteiger partial charge in [-0.1, -0.05) is 29.8 Å². The van der Waals surface area contributed by atoms with Crippen LogP contribution < -0.4 is 10.1 Å². The van der Waals surface area contributed by atoms with Crippen LogP contribution in [0, 0.1) is 6.92 Å². The van der Waals surface area contributed by atoms with E-state index in [2.05, 4.69) is 15.5 Å². The molecule has 0 bridgehead atoms. The van der Waals surface area contributed by atoms with Crippen LogP contribution in [0.15, 0.2) is 42.5 Å². The highest BCUT2D eigenvalue weighted by Crippen LogP contribution is 2.34. The summed E-state index contributed by atoms with van der Waals surface area (Å²) in [4.78, 5) is 13.2. The molecule has 0 atom stereocenters. The van der Waals surface area contributed by atoms with E-state index in [1.54, 1.807) is 0 Å². The number of halogens is 5. The summed E-state index contributed by atoms with van der Waals surface area (Å²) >= 11 is 5.87. The largest absolute Gasteiger partial charge is 0.437 e. The van der Waals surface area contributed by atoms with Crippen molar-refractivity contribution in [2.24, 2.45) is 0 Å². The molecule has 0 radical (unpaired) electrons. The number of fused-ring (bicyclic) bond motifs is 1. The summed E-state index contributed by atoms with van der Waals surface area (Å²) in [5.41, 5.74) is 0.920. The second-order valence-corrected chi connectivity index (χ2v) is 8.77. The van der Waals surface area contributed by atoms with Gasteiger partial charge in [0.1, 0.15) is 11.3 Å². The Labute approximate surface area is 204 Å². The number of amides is 1. The zero-order chi connectivity index (χ0) is 25.2. The Bertz CT molecular complexity index is 1250. The minimum absolute atomic E-state index is 0.0132. The van der Waals surface area contributed by atoms with Crippen LogP contribution in [0.5, 0.6) is 11.6 Å². The van der Waals surface area contributed by atoms with Crippen molar-refractivity contribution in [1.29, 1.82) is 0 Å². The summed E-state index contributed by atoms with van der Waals surface area (Å²) in [6.45, 7) is 0.547. The van der Waals surface area contributed by atoms with Crippen LogP contribution >= 0.6 is 11.6 Å². The molecule has 5 nitrogen and oxygen atoms in total. The van der Waals surface area contributed by atoms with Crippen molar-refractivity contribution in [1.82, 2.24) is 15.5 Å². The van der Waals surface area contributed by atoms with E-state index in [-0.39, 0.29) is 28.3 Å². The summed E-state index contributed by atoms with van der Waals surface area (Å²) in [5, 5.41) is 10.7. The maximum absolute atomic E-state index is 14.9. The van der Waals surface area contributed by atoms with Gasteiger partial charge in [-0.3, -0.25) is 4.79 Å². The third-order valence-electron chi connectivity index (χ3n) is 5.82. The van der Waals surface area contributed by atoms with Crippen LogP contribution in [0.3, 0.4) is 0 Å². The van der Waals surface area contributed by atoms with E-state index in [4.69, 9.17) is 16.3 Å². The van der Waals surface area contributed by atoms with Crippen molar-refractivity contribution in [3.63, 3.8) is 0 Å². The molecule has 3 aromatic rings. The van der Waals surface area contributed by atoms with Crippen LogP contribution in [-0.4, -0.2) is 22.6 Å². The van der Waals surface area contributed by atoms with Crippen molar-refractivity contribution in [2.75, 3.05) is 6.54 Å². The van der Waals surface area contributed by atoms with Crippen molar-refractivity contribution >= 4 is 17.5 Å². The molecular formula is C25H22ClF4N3O2. The normalized spacial score (nSPS) is 13.5. The van der Waals surface area contributed by atoms with Gasteiger partial charge in [-0.15, -0.1) is 5.10 Å². The summed E-state index contributed by atoms with van der Waals surface area (Å²) in [6, 6.07) is 9.21. The summed E-state index contributed by atoms with van der Waals surface area (Å²) < 4.78 is 61.7. The minimum Gasteiger partial charge on any atom is -0.437 e. The molecule has 0 saturated carbocycles. The quantitative estimate of drug-likeness (QED) is 0.367. The SMILES string of the molecule is Cc1cc(Cl)ccc1C(F)(F)CNC(=O)c1c(Oc2cccc(C(F)F)c2)nnc2c1CCCC2. The first-order valence-corrected chi connectivity index (χ1v) is 11.4. The molecule has 1 aromatic heterocycles. The molecule has 1 N–H and O–H groups in total. The number of hydrogen-bond acceptors (Lipinski definition) is 4. The number of ether oxygens (including phenoxy) is 1. The van der Waals surface area contributed by atoms with Crippen LogP contribution in [0.2, 0.25) is 5.02 Å². The Morgan fingerprint density at radius 3 is 2.66 bits per heavy atom. The lowest BCUT2D eigenvalue weighted by Gasteiger charge is -2.22. The van der Waals surface area contributed by atoms with E-state index in [0.717, 1.165) is 18.9 Å². The molecule has 4 rings (SSSR count). The van der Waals surface area contributed by atoms with Crippen LogP contribution in [0.25, 0.3) is 0 Å². The number of carbonyl (C=O) groups is 1. The summed E-state index contributed by atoms with van der Waals surface area (Å²) in [6.07, 6.45) is -0.000817. The molecule has 0 fully saturated rings. The molecule has 1 amide bonds. The second kappa shape index (κ2) is 10.2. The van der Waals surface area contributed by atoms with E-state index in [0.29, 0.717) is 34.7 Å². The molecule has 1 aliphatic carbocycles. The first-order valence-electron chi connectivity index (χ1n) is 11.0. The molecule has 10 heteroatoms. The van der Waals surface area contributed by atoms with Gasteiger partial charge in [0.05, 0.1) is 12.2 Å². The highest BCUT2D eigenvalue weighted by atomic mass is 35.5. The summed E-state index contributed by atoms with van der Waals surface area (Å²) in [5.74, 6) is -4.36. The molecule has 1 heterocycles. The fraction of sp³-hybridized carbons (Fsp3) is 0.320. The zero-order valence-electron chi connectivity index (χ0n) is 18.8. The highest BCUT2D eigenvalue weighted by Gasteiger charge is 2.35. The number of alkyl halides is 4. The smallest absolute Gasteiger partial charge is 0.290 e. The fourth-order valence-electron chi connectivity index (χ4n) is 4.10. The lowest BCUT2D eigenvalue weighted by atomic mass is 9.92. The lowest BCUT2D eigenvalue weighted by Crippen LogP contribution is -2.36. The van der Waals surface area contributed by atoms with Gasteiger partial charge < -0.3 is 10.1 Å². The van der Waals surface area contributed by atoms with Gasteiger partial charge >= 0.3 is 0 Å². The number of aryl methyl sites for hydroxylation is 2. The van der Waals surface area contributed by atoms with Crippen LogP contribution in [0.4, 0.5) is 17.6 Å². The van der Waals surface area contributed by atoms with E-state index < -0.39 is 24.8 Å². The maximum atomic E-state index is 14.9. The van der Waals surface area contributed by atoms with Crippen molar-refractivity contribution in [2.45, 2.75) is 45.0 Å². The van der Waals surface area contributed by atoms with Gasteiger partial charge in [-0.2, -0.15) is 13.9 Å². The van der Waals surface area contributed by atoms with Crippen molar-refractivity contribution in [3.8, 4) is 11.6 Å². The predicted octanol–water partition coefficient (Wildman–Crippen LogP) is 6.57. The fourth-order valence-corrected chi connectivity index (χ4v) is 4.32. The van der Waals surface area contributed by atoms with E-state index in [9.17, 15) is 22.4 Å². The number of nitrogens with one attached hydrogen (secondary N) is 1. The number of carbonyl (C=O) groups excluding carboxylic acids is 1. The van der Waals surface area contributed by atoms with Gasteiger partial charge in [0.2, 0.25) is 0 Å². The molecule has 1 aliphatic rings. The van der Waals surface area contributed by atoms with Crippen molar-refractivity contribution < 1.29 is 27.1 Å². The van der Waals surface area contributed by atoms with Gasteiger partial charge in [0, 0.05) is 16.1 Å². The van der Waals surface area contributed by atoms with Crippen LogP contribution in [0.1, 0.15) is 57.6 Å². The molecule has 2 aromatic carbocycles. The number of rotatable bonds is 7. The third-order valence-corrected chi connectivity index (χ3v) is 6.06. The molecule has 0 unspecified atom stereocenters. The Morgan fingerprint density at radius 2 is 1.91 bits per heavy atom. The minimum atomic E-state index is -3.36. The first-order chi connectivity index (χ1) is 16.7. The molecule has 184 valence electrons. The molecule has 35 heavy (non-hydrogen) atoms. The first kappa shape index (κ1) is 24.9. The van der Waals surface area contributed by atoms with Crippen molar-refractivity contribution in [3.05, 3.63) is 81.0 Å². The zero-order valence-corrected chi connectivity index (χ0v) is 19.5. The lowest BCUT2D eigenvalue weighted by molar-refractivity contribution is -0.00310. The van der Waals surface area contributed by atoms with E-state index in [1.165, 1.54) is 43.3 Å². The second-order valence-electron chi connectivity index (χ2n) is 8.33. The standard InChI is InChI=1S/C25H22ClF4N3O2/c1-14-11-16(26)9-10-19(14)25(29,30)13-31-23(34)21-18-7-2-3-8-20(18)32-33-24(21)35-17-6-4-5-15(12-17)22(27)28/h4-6,9-12,22H,2-3,7-8,13H2,1H3,(H,31,34). The monoisotopic (exact) mass is 507 g/mol. The molecule has 0 saturated heterocycles. The number of aromatic nitrogens is 2. The highest BCUT2D eigenvalue weighted by molar-refractivity contribution is 6.30. The number of benzene rings is 2. The Morgan fingerprint density at radius 1 is 1.14 bits per heavy atom. The predicted molar refractivity (Wildman–Crippen MR) is 123 cm³/mol. The maximum Gasteiger partial charge on any atom is 0.290 e. The van der Waals surface area contributed by atoms with Gasteiger partial charge in [0.25, 0.3) is 24.1 Å². The Balaban J connectivity index is 1.63. The third kappa shape index (κ3) is 5.56. The van der Waals surface area contributed by atoms with E-state index >= 15 is 0 Å². The number of hydrogen-bond donors (Lipinski definition) is 1. The van der Waals surface area contributed by atoms with Gasteiger partial charge in [-0.05, 0) is 68.0 Å². The molecular weight excluding hydrogens is 486 g/mol. The average Bonchev–Trinajstić information content (AvgIpc) is 2.82. The van der Waals surface area contributed by atoms with Gasteiger partial charge in [0.15, 0.2) is 0 Å². The van der Waals surface area contributed by atoms with Gasteiger partial charge in [-0.25, -0.2) is 8.78 Å². The summed E-state index contributed by atoms with van der Waals surface area (Å²) in [7, 11) is 0.